The van der Waals surface area contributed by atoms with Crippen molar-refractivity contribution in [3.8, 4) is 0 Å². The topological polar surface area (TPSA) is 57.7 Å². The number of rotatable bonds is 5. The van der Waals surface area contributed by atoms with Crippen LogP contribution >= 0.6 is 11.6 Å². The van der Waals surface area contributed by atoms with Gasteiger partial charge in [-0.2, -0.15) is 0 Å². The van der Waals surface area contributed by atoms with E-state index < -0.39 is 10.0 Å². The highest BCUT2D eigenvalue weighted by atomic mass is 35.5. The Bertz CT molecular complexity index is 894. The molecule has 0 aliphatic carbocycles. The lowest BCUT2D eigenvalue weighted by Gasteiger charge is -2.32. The summed E-state index contributed by atoms with van der Waals surface area (Å²) in [7, 11) is -3.89. The highest BCUT2D eigenvalue weighted by Crippen LogP contribution is 2.26. The number of likely N-dealkylation sites (tertiary alicyclic amines) is 1. The van der Waals surface area contributed by atoms with Gasteiger partial charge in [0.1, 0.15) is 6.54 Å². The number of anilines is 1. The minimum atomic E-state index is -3.89. The van der Waals surface area contributed by atoms with Gasteiger partial charge in [-0.15, -0.1) is 0 Å². The molecule has 3 rings (SSSR count). The molecule has 0 aromatic heterocycles. The number of halogens is 1. The molecule has 2 aromatic carbocycles. The van der Waals surface area contributed by atoms with E-state index in [9.17, 15) is 13.2 Å². The van der Waals surface area contributed by atoms with Crippen LogP contribution in [0.4, 0.5) is 5.69 Å². The fraction of sp³-hybridized carbons (Fsp3) is 0.350. The summed E-state index contributed by atoms with van der Waals surface area (Å²) in [5, 5.41) is 0.417. The molecular formula is C20H23ClN2O3S. The van der Waals surface area contributed by atoms with Gasteiger partial charge >= 0.3 is 0 Å². The number of benzene rings is 2. The summed E-state index contributed by atoms with van der Waals surface area (Å²) in [6, 6.07) is 14.7. The van der Waals surface area contributed by atoms with Crippen molar-refractivity contribution in [1.82, 2.24) is 4.90 Å². The average Bonchev–Trinajstić information content (AvgIpc) is 2.67. The van der Waals surface area contributed by atoms with Gasteiger partial charge in [0, 0.05) is 18.1 Å². The van der Waals surface area contributed by atoms with Crippen LogP contribution in [0, 0.1) is 5.92 Å². The normalized spacial score (nSPS) is 15.6. The van der Waals surface area contributed by atoms with E-state index in [1.807, 2.05) is 0 Å². The summed E-state index contributed by atoms with van der Waals surface area (Å²) in [5.41, 5.74) is 0.380. The lowest BCUT2D eigenvalue weighted by atomic mass is 9.99. The van der Waals surface area contributed by atoms with Crippen LogP contribution in [0.5, 0.6) is 0 Å². The number of nitrogens with zero attached hydrogens (tertiary/aromatic N) is 2. The molecule has 27 heavy (non-hydrogen) atoms. The minimum absolute atomic E-state index is 0.144. The summed E-state index contributed by atoms with van der Waals surface area (Å²) in [4.78, 5) is 14.7. The van der Waals surface area contributed by atoms with Crippen molar-refractivity contribution in [3.63, 3.8) is 0 Å². The quantitative estimate of drug-likeness (QED) is 0.758. The van der Waals surface area contributed by atoms with Crippen molar-refractivity contribution < 1.29 is 13.2 Å². The first-order valence-electron chi connectivity index (χ1n) is 8.99. The summed E-state index contributed by atoms with van der Waals surface area (Å²) < 4.78 is 27.6. The molecule has 0 bridgehead atoms. The molecule has 7 heteroatoms. The van der Waals surface area contributed by atoms with E-state index in [1.54, 1.807) is 47.4 Å². The van der Waals surface area contributed by atoms with E-state index in [4.69, 9.17) is 11.6 Å². The number of hydrogen-bond donors (Lipinski definition) is 0. The third-order valence-corrected chi connectivity index (χ3v) is 6.87. The maximum absolute atomic E-state index is 13.2. The predicted octanol–water partition coefficient (Wildman–Crippen LogP) is 3.79. The molecular weight excluding hydrogens is 384 g/mol. The first-order chi connectivity index (χ1) is 12.9. The lowest BCUT2D eigenvalue weighted by Crippen LogP contribution is -2.45. The van der Waals surface area contributed by atoms with Gasteiger partial charge in [0.25, 0.3) is 10.0 Å². The molecule has 0 spiro atoms. The van der Waals surface area contributed by atoms with Gasteiger partial charge in [0.2, 0.25) is 5.91 Å². The monoisotopic (exact) mass is 406 g/mol. The highest BCUT2D eigenvalue weighted by molar-refractivity contribution is 7.92. The van der Waals surface area contributed by atoms with E-state index >= 15 is 0 Å². The highest BCUT2D eigenvalue weighted by Gasteiger charge is 2.30. The largest absolute Gasteiger partial charge is 0.341 e. The number of sulfonamides is 1. The van der Waals surface area contributed by atoms with Gasteiger partial charge in [-0.05, 0) is 49.1 Å². The van der Waals surface area contributed by atoms with Crippen molar-refractivity contribution in [1.29, 1.82) is 0 Å². The van der Waals surface area contributed by atoms with Gasteiger partial charge in [-0.3, -0.25) is 9.10 Å². The fourth-order valence-electron chi connectivity index (χ4n) is 3.15. The number of carbonyl (C=O) groups is 1. The van der Waals surface area contributed by atoms with Crippen molar-refractivity contribution in [2.24, 2.45) is 5.92 Å². The molecule has 0 radical (unpaired) electrons. The van der Waals surface area contributed by atoms with E-state index in [2.05, 4.69) is 6.92 Å². The summed E-state index contributed by atoms with van der Waals surface area (Å²) in [6.07, 6.45) is 1.88. The molecule has 0 saturated carbocycles. The Labute approximate surface area is 165 Å². The van der Waals surface area contributed by atoms with Crippen LogP contribution in [0.3, 0.4) is 0 Å². The molecule has 2 aromatic rings. The number of carbonyl (C=O) groups excluding carboxylic acids is 1. The summed E-state index contributed by atoms with van der Waals surface area (Å²) in [5.74, 6) is 0.396. The third-order valence-electron chi connectivity index (χ3n) is 4.84. The first kappa shape index (κ1) is 19.7. The van der Waals surface area contributed by atoms with Crippen molar-refractivity contribution in [3.05, 3.63) is 59.6 Å². The zero-order chi connectivity index (χ0) is 19.4. The molecule has 1 aliphatic heterocycles. The maximum atomic E-state index is 13.2. The Hall–Kier alpha value is -2.05. The van der Waals surface area contributed by atoms with Crippen LogP contribution < -0.4 is 4.31 Å². The number of amides is 1. The van der Waals surface area contributed by atoms with Crippen LogP contribution in [0.25, 0.3) is 0 Å². The molecule has 144 valence electrons. The van der Waals surface area contributed by atoms with Crippen LogP contribution in [-0.4, -0.2) is 38.9 Å². The van der Waals surface area contributed by atoms with E-state index in [-0.39, 0.29) is 17.3 Å². The Morgan fingerprint density at radius 2 is 1.78 bits per heavy atom. The smallest absolute Gasteiger partial charge is 0.264 e. The summed E-state index contributed by atoms with van der Waals surface area (Å²) >= 11 is 6.07. The Kier molecular flexibility index (Phi) is 6.07. The van der Waals surface area contributed by atoms with Crippen molar-refractivity contribution in [2.45, 2.75) is 24.7 Å². The van der Waals surface area contributed by atoms with E-state index in [0.29, 0.717) is 29.7 Å². The summed E-state index contributed by atoms with van der Waals surface area (Å²) in [6.45, 7) is 3.25. The third kappa shape index (κ3) is 4.62. The van der Waals surface area contributed by atoms with Crippen molar-refractivity contribution in [2.75, 3.05) is 23.9 Å². The van der Waals surface area contributed by atoms with Crippen LogP contribution in [-0.2, 0) is 14.8 Å². The number of hydrogen-bond acceptors (Lipinski definition) is 3. The Morgan fingerprint density at radius 1 is 1.11 bits per heavy atom. The molecule has 5 nitrogen and oxygen atoms in total. The molecule has 1 amide bonds. The maximum Gasteiger partial charge on any atom is 0.264 e. The average molecular weight is 407 g/mol. The second-order valence-electron chi connectivity index (χ2n) is 6.87. The van der Waals surface area contributed by atoms with Crippen LogP contribution in [0.1, 0.15) is 19.8 Å². The zero-order valence-electron chi connectivity index (χ0n) is 15.2. The fourth-order valence-corrected chi connectivity index (χ4v) is 4.76. The van der Waals surface area contributed by atoms with Gasteiger partial charge in [-0.1, -0.05) is 42.8 Å². The Balaban J connectivity index is 1.92. The molecule has 0 unspecified atom stereocenters. The van der Waals surface area contributed by atoms with Crippen LogP contribution in [0.15, 0.2) is 59.5 Å². The standard InChI is InChI=1S/C20H23ClN2O3S/c1-16-10-12-22(13-11-16)20(24)15-23(18-7-5-6-17(21)14-18)27(25,26)19-8-3-2-4-9-19/h2-9,14,16H,10-13,15H2,1H3. The van der Waals surface area contributed by atoms with Gasteiger partial charge in [0.15, 0.2) is 0 Å². The minimum Gasteiger partial charge on any atom is -0.341 e. The van der Waals surface area contributed by atoms with E-state index in [0.717, 1.165) is 17.1 Å². The molecule has 0 atom stereocenters. The van der Waals surface area contributed by atoms with Gasteiger partial charge in [-0.25, -0.2) is 8.42 Å². The lowest BCUT2D eigenvalue weighted by molar-refractivity contribution is -0.130. The second kappa shape index (κ2) is 8.31. The van der Waals surface area contributed by atoms with Gasteiger partial charge < -0.3 is 4.90 Å². The SMILES string of the molecule is CC1CCN(C(=O)CN(c2cccc(Cl)c2)S(=O)(=O)c2ccccc2)CC1. The first-order valence-corrected chi connectivity index (χ1v) is 10.8. The zero-order valence-corrected chi connectivity index (χ0v) is 16.8. The predicted molar refractivity (Wildman–Crippen MR) is 107 cm³/mol. The Morgan fingerprint density at radius 3 is 2.41 bits per heavy atom. The van der Waals surface area contributed by atoms with Crippen LogP contribution in [0.2, 0.25) is 5.02 Å². The second-order valence-corrected chi connectivity index (χ2v) is 9.17. The molecule has 0 N–H and O–H groups in total. The molecule has 1 heterocycles. The van der Waals surface area contributed by atoms with Crippen molar-refractivity contribution >= 4 is 33.2 Å². The van der Waals surface area contributed by atoms with E-state index in [1.165, 1.54) is 12.1 Å². The molecule has 1 saturated heterocycles. The molecule has 1 fully saturated rings. The van der Waals surface area contributed by atoms with Gasteiger partial charge in [0.05, 0.1) is 10.6 Å². The number of piperidine rings is 1. The molecule has 1 aliphatic rings.